The van der Waals surface area contributed by atoms with Gasteiger partial charge in [0, 0.05) is 30.9 Å². The van der Waals surface area contributed by atoms with Crippen molar-refractivity contribution >= 4 is 23.8 Å². The van der Waals surface area contributed by atoms with E-state index in [1.54, 1.807) is 28.0 Å². The van der Waals surface area contributed by atoms with Crippen LogP contribution in [0.2, 0.25) is 0 Å². The fourth-order valence-electron chi connectivity index (χ4n) is 4.78. The van der Waals surface area contributed by atoms with Gasteiger partial charge in [0.2, 0.25) is 0 Å². The minimum absolute atomic E-state index is 0. The first-order valence-corrected chi connectivity index (χ1v) is 12.7. The quantitative estimate of drug-likeness (QED) is 0.354. The molecule has 1 aliphatic rings. The lowest BCUT2D eigenvalue weighted by atomic mass is 9.95. The van der Waals surface area contributed by atoms with E-state index in [9.17, 15) is 4.79 Å². The third kappa shape index (κ3) is 5.15. The zero-order valence-electron chi connectivity index (χ0n) is 22.3. The van der Waals surface area contributed by atoms with Crippen molar-refractivity contribution in [1.29, 1.82) is 0 Å². The number of amides is 1. The first-order valence-electron chi connectivity index (χ1n) is 12.7. The number of rotatable bonds is 4. The van der Waals surface area contributed by atoms with Crippen LogP contribution in [0.4, 0.5) is 0 Å². The molecule has 11 nitrogen and oxygen atoms in total. The average Bonchev–Trinajstić information content (AvgIpc) is 3.63. The predicted molar refractivity (Wildman–Crippen MR) is 149 cm³/mol. The molecule has 0 unspecified atom stereocenters. The first-order chi connectivity index (χ1) is 18.3. The third-order valence-electron chi connectivity index (χ3n) is 6.83. The molecule has 0 bridgehead atoms. The summed E-state index contributed by atoms with van der Waals surface area (Å²) in [5.74, 6) is -0.228. The Bertz CT molecular complexity index is 1640. The van der Waals surface area contributed by atoms with E-state index in [-0.39, 0.29) is 29.9 Å². The van der Waals surface area contributed by atoms with Crippen molar-refractivity contribution in [3.63, 3.8) is 0 Å². The highest BCUT2D eigenvalue weighted by atomic mass is 35.5. The maximum Gasteiger partial charge on any atom is 0.273 e. The summed E-state index contributed by atoms with van der Waals surface area (Å²) in [7, 11) is 1.89. The van der Waals surface area contributed by atoms with Gasteiger partial charge in [-0.25, -0.2) is 14.2 Å². The Balaban J connectivity index is 0.00000308. The number of carbonyl (C=O) groups is 1. The van der Waals surface area contributed by atoms with Crippen molar-refractivity contribution in [2.75, 3.05) is 6.54 Å². The van der Waals surface area contributed by atoms with E-state index in [2.05, 4.69) is 49.3 Å². The number of benzene rings is 1. The van der Waals surface area contributed by atoms with Crippen LogP contribution in [-0.4, -0.2) is 51.8 Å². The molecule has 1 amide bonds. The van der Waals surface area contributed by atoms with E-state index in [0.717, 1.165) is 52.1 Å². The number of fused-ring (bicyclic) bond motifs is 2. The summed E-state index contributed by atoms with van der Waals surface area (Å²) in [6, 6.07) is 8.14. The smallest absolute Gasteiger partial charge is 0.273 e. The van der Waals surface area contributed by atoms with Crippen LogP contribution in [0.3, 0.4) is 0 Å². The molecule has 5 aromatic rings. The highest BCUT2D eigenvalue weighted by molar-refractivity contribution is 5.92. The second kappa shape index (κ2) is 10.2. The molecule has 1 aliphatic heterocycles. The minimum Gasteiger partial charge on any atom is -0.344 e. The molecule has 0 saturated heterocycles. The molecular formula is C27H31ClN10O. The van der Waals surface area contributed by atoms with Gasteiger partial charge < -0.3 is 10.6 Å². The van der Waals surface area contributed by atoms with Gasteiger partial charge in [0.1, 0.15) is 0 Å². The molecule has 0 spiro atoms. The van der Waals surface area contributed by atoms with Gasteiger partial charge in [0.25, 0.3) is 5.91 Å². The van der Waals surface area contributed by atoms with Crippen LogP contribution in [0.1, 0.15) is 54.8 Å². The monoisotopic (exact) mass is 546 g/mol. The van der Waals surface area contributed by atoms with E-state index in [0.29, 0.717) is 12.2 Å². The maximum absolute atomic E-state index is 13.1. The van der Waals surface area contributed by atoms with Gasteiger partial charge in [-0.1, -0.05) is 17.3 Å². The highest BCUT2D eigenvalue weighted by Gasteiger charge is 2.24. The number of nitrogens with zero attached hydrogens (tertiary/aromatic N) is 8. The van der Waals surface area contributed by atoms with E-state index in [1.165, 1.54) is 0 Å². The lowest BCUT2D eigenvalue weighted by Crippen LogP contribution is -2.30. The average molecular weight is 547 g/mol. The molecule has 1 atom stereocenters. The molecule has 0 fully saturated rings. The Hall–Kier alpha value is -4.09. The Morgan fingerprint density at radius 2 is 1.95 bits per heavy atom. The number of aryl methyl sites for hydroxylation is 1. The Kier molecular flexibility index (Phi) is 6.96. The zero-order valence-corrected chi connectivity index (χ0v) is 23.1. The van der Waals surface area contributed by atoms with Crippen LogP contribution in [0, 0.1) is 0 Å². The Morgan fingerprint density at radius 1 is 1.10 bits per heavy atom. The van der Waals surface area contributed by atoms with Crippen molar-refractivity contribution in [1.82, 2.24) is 50.0 Å². The van der Waals surface area contributed by atoms with Crippen LogP contribution in [0.25, 0.3) is 28.0 Å². The summed E-state index contributed by atoms with van der Waals surface area (Å²) >= 11 is 0. The van der Waals surface area contributed by atoms with Crippen molar-refractivity contribution in [2.24, 2.45) is 7.05 Å². The van der Waals surface area contributed by atoms with Gasteiger partial charge >= 0.3 is 0 Å². The lowest BCUT2D eigenvalue weighted by molar-refractivity contribution is 0.0930. The topological polar surface area (TPSA) is 120 Å². The molecule has 202 valence electrons. The normalized spacial score (nSPS) is 15.4. The second-order valence-electron chi connectivity index (χ2n) is 10.7. The summed E-state index contributed by atoms with van der Waals surface area (Å²) in [6.45, 7) is 7.55. The number of nitrogens with one attached hydrogen (secondary N) is 2. The van der Waals surface area contributed by atoms with Gasteiger partial charge in [-0.15, -0.1) is 17.5 Å². The van der Waals surface area contributed by atoms with Gasteiger partial charge in [0.05, 0.1) is 53.3 Å². The summed E-state index contributed by atoms with van der Waals surface area (Å²) in [4.78, 5) is 18.1. The summed E-state index contributed by atoms with van der Waals surface area (Å²) in [6.07, 6.45) is 9.91. The molecule has 0 radical (unpaired) electrons. The van der Waals surface area contributed by atoms with Gasteiger partial charge in [-0.05, 0) is 57.0 Å². The van der Waals surface area contributed by atoms with Crippen molar-refractivity contribution < 1.29 is 4.79 Å². The number of aromatic nitrogens is 8. The summed E-state index contributed by atoms with van der Waals surface area (Å²) in [5, 5.41) is 23.7. The lowest BCUT2D eigenvalue weighted by Gasteiger charge is -2.19. The highest BCUT2D eigenvalue weighted by Crippen LogP contribution is 2.31. The molecule has 4 aromatic heterocycles. The van der Waals surface area contributed by atoms with Crippen LogP contribution >= 0.6 is 12.4 Å². The minimum atomic E-state index is -0.246. The molecular weight excluding hydrogens is 516 g/mol. The van der Waals surface area contributed by atoms with Crippen LogP contribution in [0.15, 0.2) is 55.2 Å². The fourth-order valence-corrected chi connectivity index (χ4v) is 4.78. The first kappa shape index (κ1) is 26.5. The van der Waals surface area contributed by atoms with Crippen LogP contribution in [-0.2, 0) is 19.1 Å². The van der Waals surface area contributed by atoms with E-state index < -0.39 is 0 Å². The number of hydrogen-bond donors (Lipinski definition) is 2. The third-order valence-corrected chi connectivity index (χ3v) is 6.83. The standard InChI is InChI=1S/C27H30N10O.ClH/c1-27(2,3)37-16-23(33-34-37)26(38)32-21-7-9-28-12-18-11-17(5-6-20(18)21)25-24-8-10-29-36(24)15-22(31-25)19-13-30-35(4)14-19;/h5-6,8,10-11,13-16,21,28H,7,9,12H2,1-4H3,(H,32,38);1H/t21-;/m1./s1. The molecule has 12 heteroatoms. The molecule has 5 heterocycles. The van der Waals surface area contributed by atoms with Crippen LogP contribution < -0.4 is 10.6 Å². The predicted octanol–water partition coefficient (Wildman–Crippen LogP) is 3.53. The summed E-state index contributed by atoms with van der Waals surface area (Å²) in [5.41, 5.74) is 6.75. The van der Waals surface area contributed by atoms with Crippen molar-refractivity contribution in [3.05, 3.63) is 72.1 Å². The number of halogens is 1. The number of hydrogen-bond acceptors (Lipinski definition) is 7. The molecule has 0 aliphatic carbocycles. The SMILES string of the molecule is Cl.Cn1cc(-c2cn3nccc3c(-c3ccc4c(c3)CNCC[C@H]4NC(=O)c3cn(C(C)(C)C)nn3)n2)cn1. The van der Waals surface area contributed by atoms with Gasteiger partial charge in [-0.2, -0.15) is 10.2 Å². The van der Waals surface area contributed by atoms with Crippen LogP contribution in [0.5, 0.6) is 0 Å². The fraction of sp³-hybridized carbons (Fsp3) is 0.333. The van der Waals surface area contributed by atoms with E-state index in [4.69, 9.17) is 4.98 Å². The number of carbonyl (C=O) groups excluding carboxylic acids is 1. The molecule has 0 saturated carbocycles. The van der Waals surface area contributed by atoms with Gasteiger partial charge in [0.15, 0.2) is 5.69 Å². The largest absolute Gasteiger partial charge is 0.344 e. The van der Waals surface area contributed by atoms with Crippen molar-refractivity contribution in [3.8, 4) is 22.5 Å². The molecule has 39 heavy (non-hydrogen) atoms. The summed E-state index contributed by atoms with van der Waals surface area (Å²) < 4.78 is 5.32. The second-order valence-corrected chi connectivity index (χ2v) is 10.7. The molecule has 6 rings (SSSR count). The molecule has 2 N–H and O–H groups in total. The van der Waals surface area contributed by atoms with Gasteiger partial charge in [-0.3, -0.25) is 9.48 Å². The molecule has 1 aromatic carbocycles. The zero-order chi connectivity index (χ0) is 26.4. The maximum atomic E-state index is 13.1. The van der Waals surface area contributed by atoms with Crippen molar-refractivity contribution in [2.45, 2.75) is 45.3 Å². The Morgan fingerprint density at radius 3 is 2.69 bits per heavy atom. The Labute approximate surface area is 232 Å². The van der Waals surface area contributed by atoms with E-state index in [1.807, 2.05) is 50.8 Å². The van der Waals surface area contributed by atoms with E-state index >= 15 is 0 Å².